The van der Waals surface area contributed by atoms with E-state index in [-0.39, 0.29) is 0 Å². The summed E-state index contributed by atoms with van der Waals surface area (Å²) < 4.78 is 8.04. The molecule has 19 heavy (non-hydrogen) atoms. The molecular weight excluding hydrogens is 417 g/mol. The summed E-state index contributed by atoms with van der Waals surface area (Å²) in [6, 6.07) is 14.9. The van der Waals surface area contributed by atoms with Crippen molar-refractivity contribution in [3.63, 3.8) is 0 Å². The Bertz CT molecular complexity index is 602. The van der Waals surface area contributed by atoms with E-state index in [4.69, 9.17) is 4.74 Å². The Kier molecular flexibility index (Phi) is 3.98. The third-order valence-electron chi connectivity index (χ3n) is 3.18. The topological polar surface area (TPSA) is 21.3 Å². The van der Waals surface area contributed by atoms with Gasteiger partial charge in [0, 0.05) is 25.7 Å². The summed E-state index contributed by atoms with van der Waals surface area (Å²) in [5.74, 6) is 0.984. The zero-order chi connectivity index (χ0) is 13.2. The molecule has 98 valence electrons. The van der Waals surface area contributed by atoms with E-state index in [1.807, 2.05) is 12.1 Å². The van der Waals surface area contributed by atoms with Gasteiger partial charge in [-0.05, 0) is 59.0 Å². The second-order valence-corrected chi connectivity index (χ2v) is 6.69. The maximum Gasteiger partial charge on any atom is 0.124 e. The van der Waals surface area contributed by atoms with Crippen LogP contribution in [0.1, 0.15) is 18.0 Å². The lowest BCUT2D eigenvalue weighted by atomic mass is 10.0. The monoisotopic (exact) mass is 429 g/mol. The molecule has 0 saturated heterocycles. The van der Waals surface area contributed by atoms with E-state index >= 15 is 0 Å². The lowest BCUT2D eigenvalue weighted by Gasteiger charge is -2.27. The summed E-state index contributed by atoms with van der Waals surface area (Å²) >= 11 is 5.86. The Morgan fingerprint density at radius 2 is 2.11 bits per heavy atom. The minimum atomic E-state index is 0.305. The number of halogens is 2. The van der Waals surface area contributed by atoms with Crippen molar-refractivity contribution < 1.29 is 4.74 Å². The van der Waals surface area contributed by atoms with Crippen molar-refractivity contribution in [1.29, 1.82) is 0 Å². The van der Waals surface area contributed by atoms with E-state index in [0.29, 0.717) is 6.04 Å². The van der Waals surface area contributed by atoms with Crippen LogP contribution < -0.4 is 10.1 Å². The molecule has 0 radical (unpaired) electrons. The molecule has 0 saturated carbocycles. The Morgan fingerprint density at radius 3 is 2.95 bits per heavy atom. The van der Waals surface area contributed by atoms with Crippen LogP contribution in [0.2, 0.25) is 0 Å². The number of rotatable bonds is 2. The van der Waals surface area contributed by atoms with Crippen molar-refractivity contribution in [2.75, 3.05) is 11.9 Å². The highest BCUT2D eigenvalue weighted by Gasteiger charge is 2.21. The molecule has 1 aliphatic heterocycles. The predicted molar refractivity (Wildman–Crippen MR) is 89.8 cm³/mol. The van der Waals surface area contributed by atoms with E-state index in [2.05, 4.69) is 74.2 Å². The van der Waals surface area contributed by atoms with Crippen LogP contribution in [0.3, 0.4) is 0 Å². The number of anilines is 1. The second-order valence-electron chi connectivity index (χ2n) is 4.53. The molecule has 0 spiro atoms. The molecule has 1 aliphatic rings. The third kappa shape index (κ3) is 3.05. The van der Waals surface area contributed by atoms with E-state index in [9.17, 15) is 0 Å². The van der Waals surface area contributed by atoms with Crippen molar-refractivity contribution in [2.45, 2.75) is 12.5 Å². The number of ether oxygens (including phenoxy) is 1. The summed E-state index contributed by atoms with van der Waals surface area (Å²) in [7, 11) is 0. The highest BCUT2D eigenvalue weighted by atomic mass is 127. The van der Waals surface area contributed by atoms with E-state index in [0.717, 1.165) is 28.9 Å². The number of nitrogens with one attached hydrogen (secondary N) is 1. The van der Waals surface area contributed by atoms with Gasteiger partial charge in [-0.3, -0.25) is 0 Å². The highest BCUT2D eigenvalue weighted by Crippen LogP contribution is 2.36. The van der Waals surface area contributed by atoms with Gasteiger partial charge < -0.3 is 10.1 Å². The standard InChI is InChI=1S/C15H13BrINO/c16-10-4-5-15-13(8-10)14(6-7-19-15)18-12-3-1-2-11(17)9-12/h1-5,8-9,14,18H,6-7H2. The lowest BCUT2D eigenvalue weighted by Crippen LogP contribution is -2.20. The fourth-order valence-corrected chi connectivity index (χ4v) is 3.22. The molecule has 1 unspecified atom stereocenters. The SMILES string of the molecule is Brc1ccc2c(c1)C(Nc1cccc(I)c1)CCO2. The van der Waals surface area contributed by atoms with Crippen molar-refractivity contribution in [2.24, 2.45) is 0 Å². The van der Waals surface area contributed by atoms with Crippen LogP contribution in [-0.2, 0) is 0 Å². The summed E-state index contributed by atoms with van der Waals surface area (Å²) in [5.41, 5.74) is 2.38. The Morgan fingerprint density at radius 1 is 1.21 bits per heavy atom. The van der Waals surface area contributed by atoms with E-state index in [1.54, 1.807) is 0 Å². The van der Waals surface area contributed by atoms with Gasteiger partial charge in [-0.25, -0.2) is 0 Å². The van der Waals surface area contributed by atoms with Crippen LogP contribution in [0.4, 0.5) is 5.69 Å². The van der Waals surface area contributed by atoms with Crippen molar-refractivity contribution in [3.8, 4) is 5.75 Å². The molecule has 3 rings (SSSR count). The zero-order valence-electron chi connectivity index (χ0n) is 10.2. The fourth-order valence-electron chi connectivity index (χ4n) is 2.29. The van der Waals surface area contributed by atoms with Gasteiger partial charge in [-0.15, -0.1) is 0 Å². The first-order chi connectivity index (χ1) is 9.22. The van der Waals surface area contributed by atoms with Gasteiger partial charge in [0.05, 0.1) is 12.6 Å². The average Bonchev–Trinajstić information content (AvgIpc) is 2.39. The molecule has 2 aromatic carbocycles. The smallest absolute Gasteiger partial charge is 0.124 e. The van der Waals surface area contributed by atoms with Crippen LogP contribution in [0.25, 0.3) is 0 Å². The molecule has 2 nitrogen and oxygen atoms in total. The largest absolute Gasteiger partial charge is 0.493 e. The summed E-state index contributed by atoms with van der Waals surface area (Å²) in [6.45, 7) is 0.760. The second kappa shape index (κ2) is 5.71. The van der Waals surface area contributed by atoms with Crippen LogP contribution in [-0.4, -0.2) is 6.61 Å². The highest BCUT2D eigenvalue weighted by molar-refractivity contribution is 14.1. The van der Waals surface area contributed by atoms with Crippen LogP contribution in [0.5, 0.6) is 5.75 Å². The van der Waals surface area contributed by atoms with Gasteiger partial charge in [0.15, 0.2) is 0 Å². The molecule has 2 aromatic rings. The molecule has 1 N–H and O–H groups in total. The van der Waals surface area contributed by atoms with Crippen LogP contribution >= 0.6 is 38.5 Å². The molecular formula is C15H13BrINO. The molecule has 1 atom stereocenters. The van der Waals surface area contributed by atoms with Gasteiger partial charge in [-0.2, -0.15) is 0 Å². The Balaban J connectivity index is 1.89. The first-order valence-corrected chi connectivity index (χ1v) is 8.04. The van der Waals surface area contributed by atoms with E-state index < -0.39 is 0 Å². The first kappa shape index (κ1) is 13.2. The van der Waals surface area contributed by atoms with Gasteiger partial charge in [0.1, 0.15) is 5.75 Å². The van der Waals surface area contributed by atoms with Crippen LogP contribution in [0, 0.1) is 3.57 Å². The van der Waals surface area contributed by atoms with Gasteiger partial charge in [-0.1, -0.05) is 22.0 Å². The maximum absolute atomic E-state index is 5.71. The number of benzene rings is 2. The molecule has 0 bridgehead atoms. The molecule has 4 heteroatoms. The van der Waals surface area contributed by atoms with Crippen molar-refractivity contribution >= 4 is 44.2 Å². The minimum Gasteiger partial charge on any atom is -0.493 e. The average molecular weight is 430 g/mol. The van der Waals surface area contributed by atoms with Gasteiger partial charge >= 0.3 is 0 Å². The summed E-state index contributed by atoms with van der Waals surface area (Å²) in [5, 5.41) is 3.60. The number of hydrogen-bond donors (Lipinski definition) is 1. The van der Waals surface area contributed by atoms with Gasteiger partial charge in [0.25, 0.3) is 0 Å². The zero-order valence-corrected chi connectivity index (χ0v) is 13.9. The predicted octanol–water partition coefficient (Wildman–Crippen LogP) is 4.99. The summed E-state index contributed by atoms with van der Waals surface area (Å²) in [6.07, 6.45) is 0.981. The van der Waals surface area contributed by atoms with E-state index in [1.165, 1.54) is 9.13 Å². The third-order valence-corrected chi connectivity index (χ3v) is 4.34. The normalized spacial score (nSPS) is 17.5. The van der Waals surface area contributed by atoms with Crippen molar-refractivity contribution in [3.05, 3.63) is 56.1 Å². The quantitative estimate of drug-likeness (QED) is 0.679. The molecule has 0 aliphatic carbocycles. The molecule has 0 amide bonds. The molecule has 0 aromatic heterocycles. The van der Waals surface area contributed by atoms with Crippen molar-refractivity contribution in [1.82, 2.24) is 0 Å². The maximum atomic E-state index is 5.71. The Labute approximate surface area is 134 Å². The fraction of sp³-hybridized carbons (Fsp3) is 0.200. The lowest BCUT2D eigenvalue weighted by molar-refractivity contribution is 0.274. The summed E-state index contributed by atoms with van der Waals surface area (Å²) in [4.78, 5) is 0. The Hall–Kier alpha value is -0.750. The van der Waals surface area contributed by atoms with Crippen LogP contribution in [0.15, 0.2) is 46.9 Å². The van der Waals surface area contributed by atoms with Gasteiger partial charge in [0.2, 0.25) is 0 Å². The molecule has 1 heterocycles. The number of hydrogen-bond acceptors (Lipinski definition) is 2. The number of fused-ring (bicyclic) bond motifs is 1. The molecule has 0 fully saturated rings. The first-order valence-electron chi connectivity index (χ1n) is 6.17. The minimum absolute atomic E-state index is 0.305.